The first-order chi connectivity index (χ1) is 7.24. The van der Waals surface area contributed by atoms with Crippen molar-refractivity contribution >= 4 is 26.8 Å². The van der Waals surface area contributed by atoms with Crippen LogP contribution in [0.3, 0.4) is 0 Å². The molecule has 0 aliphatic heterocycles. The Morgan fingerprint density at radius 2 is 2.27 bits per heavy atom. The first kappa shape index (κ1) is 10.7. The van der Waals surface area contributed by atoms with Crippen LogP contribution in [0.2, 0.25) is 0 Å². The van der Waals surface area contributed by atoms with E-state index in [2.05, 4.69) is 51.5 Å². The second-order valence-electron chi connectivity index (χ2n) is 3.83. The summed E-state index contributed by atoms with van der Waals surface area (Å²) >= 11 is 3.49. The molecule has 3 heteroatoms. The van der Waals surface area contributed by atoms with Crippen molar-refractivity contribution in [3.8, 4) is 0 Å². The summed E-state index contributed by atoms with van der Waals surface area (Å²) in [5, 5.41) is 1.21. The summed E-state index contributed by atoms with van der Waals surface area (Å²) in [6.45, 7) is 5.48. The second kappa shape index (κ2) is 4.35. The summed E-state index contributed by atoms with van der Waals surface area (Å²) in [6, 6.07) is 4.28. The van der Waals surface area contributed by atoms with E-state index in [4.69, 9.17) is 0 Å². The summed E-state index contributed by atoms with van der Waals surface area (Å²) in [5.74, 6) is 0. The number of fused-ring (bicyclic) bond motifs is 1. The van der Waals surface area contributed by atoms with Crippen molar-refractivity contribution in [3.05, 3.63) is 28.6 Å². The molecule has 0 atom stereocenters. The van der Waals surface area contributed by atoms with Gasteiger partial charge in [-0.25, -0.2) is 4.98 Å². The fourth-order valence-electron chi connectivity index (χ4n) is 1.90. The number of aromatic nitrogens is 2. The molecule has 0 N–H and O–H groups in total. The lowest BCUT2D eigenvalue weighted by Crippen LogP contribution is -1.99. The van der Waals surface area contributed by atoms with E-state index in [1.54, 1.807) is 0 Å². The Balaban J connectivity index is 2.53. The first-order valence-electron chi connectivity index (χ1n) is 5.34. The topological polar surface area (TPSA) is 17.8 Å². The molecule has 2 nitrogen and oxygen atoms in total. The van der Waals surface area contributed by atoms with Crippen molar-refractivity contribution in [3.63, 3.8) is 0 Å². The number of unbranched alkanes of at least 4 members (excludes halogenated alkanes) is 1. The number of pyridine rings is 1. The van der Waals surface area contributed by atoms with E-state index in [1.165, 1.54) is 29.4 Å². The molecule has 0 fully saturated rings. The number of hydrogen-bond acceptors (Lipinski definition) is 1. The average molecular weight is 267 g/mol. The number of halogens is 1. The Morgan fingerprint density at radius 3 is 3.00 bits per heavy atom. The molecule has 0 saturated heterocycles. The molecule has 0 aliphatic rings. The van der Waals surface area contributed by atoms with Crippen LogP contribution in [-0.4, -0.2) is 9.55 Å². The number of nitrogens with zero attached hydrogens (tertiary/aromatic N) is 2. The van der Waals surface area contributed by atoms with E-state index in [0.717, 1.165) is 11.1 Å². The van der Waals surface area contributed by atoms with Crippen LogP contribution in [0.1, 0.15) is 25.5 Å². The van der Waals surface area contributed by atoms with Crippen molar-refractivity contribution < 1.29 is 0 Å². The molecule has 0 bridgehead atoms. The van der Waals surface area contributed by atoms with Crippen molar-refractivity contribution in [1.82, 2.24) is 9.55 Å². The van der Waals surface area contributed by atoms with E-state index in [0.29, 0.717) is 0 Å². The standard InChI is InChI=1S/C12H15BrN2/c1-3-4-7-15-9(2)8-10-11(15)5-6-14-12(10)13/h5-6,8H,3-4,7H2,1-2H3. The van der Waals surface area contributed by atoms with Gasteiger partial charge >= 0.3 is 0 Å². The Morgan fingerprint density at radius 1 is 1.47 bits per heavy atom. The van der Waals surface area contributed by atoms with Gasteiger partial charge in [0.1, 0.15) is 4.60 Å². The molecule has 0 aromatic carbocycles. The van der Waals surface area contributed by atoms with Crippen LogP contribution in [0.5, 0.6) is 0 Å². The molecular formula is C12H15BrN2. The SMILES string of the molecule is CCCCn1c(C)cc2c(Br)nccc21. The Kier molecular flexibility index (Phi) is 3.10. The molecule has 0 amide bonds. The monoisotopic (exact) mass is 266 g/mol. The highest BCUT2D eigenvalue weighted by molar-refractivity contribution is 9.10. The second-order valence-corrected chi connectivity index (χ2v) is 4.58. The van der Waals surface area contributed by atoms with Gasteiger partial charge in [-0.2, -0.15) is 0 Å². The molecule has 15 heavy (non-hydrogen) atoms. The molecule has 2 heterocycles. The highest BCUT2D eigenvalue weighted by Gasteiger charge is 2.07. The fourth-order valence-corrected chi connectivity index (χ4v) is 2.33. The summed E-state index contributed by atoms with van der Waals surface area (Å²) in [7, 11) is 0. The molecule has 0 saturated carbocycles. The summed E-state index contributed by atoms with van der Waals surface area (Å²) in [4.78, 5) is 4.25. The molecule has 0 aliphatic carbocycles. The minimum Gasteiger partial charge on any atom is -0.345 e. The van der Waals surface area contributed by atoms with Crippen molar-refractivity contribution in [2.45, 2.75) is 33.2 Å². The lowest BCUT2D eigenvalue weighted by atomic mass is 10.3. The third-order valence-electron chi connectivity index (χ3n) is 2.72. The van der Waals surface area contributed by atoms with Crippen molar-refractivity contribution in [2.24, 2.45) is 0 Å². The zero-order chi connectivity index (χ0) is 10.8. The lowest BCUT2D eigenvalue weighted by Gasteiger charge is -2.06. The smallest absolute Gasteiger partial charge is 0.115 e. The molecule has 2 aromatic heterocycles. The van der Waals surface area contributed by atoms with Crippen LogP contribution in [-0.2, 0) is 6.54 Å². The van der Waals surface area contributed by atoms with Crippen molar-refractivity contribution in [2.75, 3.05) is 0 Å². The van der Waals surface area contributed by atoms with Crippen LogP contribution in [0.25, 0.3) is 10.9 Å². The van der Waals surface area contributed by atoms with Gasteiger partial charge in [0, 0.05) is 23.8 Å². The minimum atomic E-state index is 0.943. The van der Waals surface area contributed by atoms with Crippen molar-refractivity contribution in [1.29, 1.82) is 0 Å². The Labute approximate surface area is 98.4 Å². The predicted octanol–water partition coefficient (Wildman–Crippen LogP) is 3.91. The molecule has 2 rings (SSSR count). The maximum absolute atomic E-state index is 4.25. The highest BCUT2D eigenvalue weighted by atomic mass is 79.9. The fraction of sp³-hybridized carbons (Fsp3) is 0.417. The van der Waals surface area contributed by atoms with Gasteiger partial charge in [-0.3, -0.25) is 0 Å². The maximum Gasteiger partial charge on any atom is 0.115 e. The number of aryl methyl sites for hydroxylation is 2. The van der Waals surface area contributed by atoms with Crippen LogP contribution in [0.4, 0.5) is 0 Å². The largest absolute Gasteiger partial charge is 0.345 e. The third kappa shape index (κ3) is 1.93. The van der Waals surface area contributed by atoms with Crippen LogP contribution in [0, 0.1) is 6.92 Å². The van der Waals surface area contributed by atoms with Gasteiger partial charge in [0.15, 0.2) is 0 Å². The van der Waals surface area contributed by atoms with Gasteiger partial charge < -0.3 is 4.57 Å². The average Bonchev–Trinajstić information content (AvgIpc) is 2.54. The van der Waals surface area contributed by atoms with Gasteiger partial charge in [-0.05, 0) is 41.4 Å². The molecule has 80 valence electrons. The normalized spacial score (nSPS) is 11.1. The van der Waals surface area contributed by atoms with Crippen LogP contribution in [0.15, 0.2) is 22.9 Å². The maximum atomic E-state index is 4.25. The molecular weight excluding hydrogens is 252 g/mol. The lowest BCUT2D eigenvalue weighted by molar-refractivity contribution is 0.637. The Bertz CT molecular complexity index is 474. The van der Waals surface area contributed by atoms with Gasteiger partial charge in [0.05, 0.1) is 5.52 Å². The van der Waals surface area contributed by atoms with Gasteiger partial charge in [-0.15, -0.1) is 0 Å². The van der Waals surface area contributed by atoms with Crippen LogP contribution < -0.4 is 0 Å². The van der Waals surface area contributed by atoms with Gasteiger partial charge in [0.2, 0.25) is 0 Å². The number of hydrogen-bond donors (Lipinski definition) is 0. The summed E-state index contributed by atoms with van der Waals surface area (Å²) < 4.78 is 3.31. The van der Waals surface area contributed by atoms with E-state index >= 15 is 0 Å². The summed E-state index contributed by atoms with van der Waals surface area (Å²) in [6.07, 6.45) is 4.31. The van der Waals surface area contributed by atoms with Crippen LogP contribution >= 0.6 is 15.9 Å². The predicted molar refractivity (Wildman–Crippen MR) is 67.1 cm³/mol. The third-order valence-corrected chi connectivity index (χ3v) is 3.36. The summed E-state index contributed by atoms with van der Waals surface area (Å²) in [5.41, 5.74) is 2.59. The van der Waals surface area contributed by atoms with E-state index < -0.39 is 0 Å². The van der Waals surface area contributed by atoms with E-state index in [9.17, 15) is 0 Å². The molecule has 2 aromatic rings. The first-order valence-corrected chi connectivity index (χ1v) is 6.13. The molecule has 0 spiro atoms. The zero-order valence-corrected chi connectivity index (χ0v) is 10.7. The highest BCUT2D eigenvalue weighted by Crippen LogP contribution is 2.25. The molecule has 0 unspecified atom stereocenters. The quantitative estimate of drug-likeness (QED) is 0.771. The Hall–Kier alpha value is -0.830. The number of rotatable bonds is 3. The zero-order valence-electron chi connectivity index (χ0n) is 9.13. The van der Waals surface area contributed by atoms with Gasteiger partial charge in [0.25, 0.3) is 0 Å². The minimum absolute atomic E-state index is 0.943. The molecule has 0 radical (unpaired) electrons. The van der Waals surface area contributed by atoms with Gasteiger partial charge in [-0.1, -0.05) is 13.3 Å². The van der Waals surface area contributed by atoms with E-state index in [-0.39, 0.29) is 0 Å². The van der Waals surface area contributed by atoms with E-state index in [1.807, 2.05) is 6.20 Å².